The van der Waals surface area contributed by atoms with Crippen LogP contribution in [-0.4, -0.2) is 15.9 Å². The van der Waals surface area contributed by atoms with Crippen LogP contribution in [0.15, 0.2) is 60.9 Å². The number of aromatic nitrogens is 2. The Hall–Kier alpha value is -3.52. The summed E-state index contributed by atoms with van der Waals surface area (Å²) in [4.78, 5) is 20.8. The van der Waals surface area contributed by atoms with E-state index in [-0.39, 0.29) is 5.88 Å². The maximum absolute atomic E-state index is 12.4. The molecule has 3 rings (SSSR count). The van der Waals surface area contributed by atoms with Crippen molar-refractivity contribution >= 4 is 5.97 Å². The van der Waals surface area contributed by atoms with Gasteiger partial charge in [-0.15, -0.1) is 0 Å². The normalized spacial score (nSPS) is 10.4. The third kappa shape index (κ3) is 5.99. The van der Waals surface area contributed by atoms with E-state index in [1.165, 1.54) is 43.9 Å². The minimum Gasteiger partial charge on any atom is -0.402 e. The fraction of sp³-hybridized carbons (Fsp3) is 0.280. The van der Waals surface area contributed by atoms with Crippen LogP contribution in [0.1, 0.15) is 60.5 Å². The van der Waals surface area contributed by atoms with Crippen LogP contribution in [0, 0.1) is 11.3 Å². The molecule has 0 fully saturated rings. The molecule has 3 aromatic rings. The standard InChI is InChI=1S/C25H25N3O2/c1-2-3-4-5-6-7-19-8-14-22(15-9-19)25(29)30-24-18-27-23(17-28-24)21-12-10-20(16-26)11-13-21/h8-15,17-18H,2-7H2,1H3. The van der Waals surface area contributed by atoms with Gasteiger partial charge >= 0.3 is 5.97 Å². The fourth-order valence-corrected chi connectivity index (χ4v) is 3.13. The van der Waals surface area contributed by atoms with Crippen molar-refractivity contribution in [3.05, 3.63) is 77.6 Å². The second-order valence-corrected chi connectivity index (χ2v) is 7.18. The summed E-state index contributed by atoms with van der Waals surface area (Å²) >= 11 is 0. The molecule has 0 saturated heterocycles. The van der Waals surface area contributed by atoms with E-state index in [1.54, 1.807) is 42.6 Å². The van der Waals surface area contributed by atoms with Crippen LogP contribution in [0.25, 0.3) is 11.3 Å². The highest BCUT2D eigenvalue weighted by Gasteiger charge is 2.10. The van der Waals surface area contributed by atoms with Crippen LogP contribution in [0.3, 0.4) is 0 Å². The molecular weight excluding hydrogens is 374 g/mol. The Bertz CT molecular complexity index is 989. The molecule has 0 saturated carbocycles. The molecule has 0 spiro atoms. The van der Waals surface area contributed by atoms with Crippen molar-refractivity contribution in [3.8, 4) is 23.2 Å². The van der Waals surface area contributed by atoms with Crippen LogP contribution in [-0.2, 0) is 6.42 Å². The fourth-order valence-electron chi connectivity index (χ4n) is 3.13. The van der Waals surface area contributed by atoms with Crippen molar-refractivity contribution in [1.82, 2.24) is 9.97 Å². The minimum atomic E-state index is -0.454. The molecule has 1 aromatic heterocycles. The zero-order valence-corrected chi connectivity index (χ0v) is 17.2. The quantitative estimate of drug-likeness (QED) is 0.338. The van der Waals surface area contributed by atoms with Gasteiger partial charge in [-0.3, -0.25) is 0 Å². The van der Waals surface area contributed by atoms with Gasteiger partial charge in [-0.25, -0.2) is 14.8 Å². The molecule has 0 aliphatic heterocycles. The number of aryl methyl sites for hydroxylation is 1. The number of unbranched alkanes of at least 4 members (excludes halogenated alkanes) is 4. The number of benzene rings is 2. The average molecular weight is 399 g/mol. The highest BCUT2D eigenvalue weighted by Crippen LogP contribution is 2.19. The lowest BCUT2D eigenvalue weighted by Gasteiger charge is -2.06. The number of hydrogen-bond acceptors (Lipinski definition) is 5. The molecule has 0 radical (unpaired) electrons. The SMILES string of the molecule is CCCCCCCc1ccc(C(=O)Oc2cnc(-c3ccc(C#N)cc3)cn2)cc1. The Labute approximate surface area is 177 Å². The zero-order chi connectivity index (χ0) is 21.2. The summed E-state index contributed by atoms with van der Waals surface area (Å²) in [7, 11) is 0. The topological polar surface area (TPSA) is 75.9 Å². The lowest BCUT2D eigenvalue weighted by Crippen LogP contribution is -2.09. The molecule has 1 heterocycles. The molecule has 0 bridgehead atoms. The molecule has 0 N–H and O–H groups in total. The van der Waals surface area contributed by atoms with Crippen LogP contribution in [0.4, 0.5) is 0 Å². The van der Waals surface area contributed by atoms with E-state index in [1.807, 2.05) is 12.1 Å². The zero-order valence-electron chi connectivity index (χ0n) is 17.2. The first kappa shape index (κ1) is 21.2. The monoisotopic (exact) mass is 399 g/mol. The number of ether oxygens (including phenoxy) is 1. The predicted molar refractivity (Wildman–Crippen MR) is 116 cm³/mol. The van der Waals surface area contributed by atoms with Gasteiger partial charge in [-0.05, 0) is 42.7 Å². The highest BCUT2D eigenvalue weighted by atomic mass is 16.5. The van der Waals surface area contributed by atoms with Gasteiger partial charge in [-0.1, -0.05) is 56.9 Å². The summed E-state index contributed by atoms with van der Waals surface area (Å²) < 4.78 is 5.34. The van der Waals surface area contributed by atoms with Crippen LogP contribution >= 0.6 is 0 Å². The lowest BCUT2D eigenvalue weighted by atomic mass is 10.0. The van der Waals surface area contributed by atoms with Crippen molar-refractivity contribution < 1.29 is 9.53 Å². The van der Waals surface area contributed by atoms with Crippen LogP contribution in [0.2, 0.25) is 0 Å². The van der Waals surface area contributed by atoms with Crippen molar-refractivity contribution in [2.45, 2.75) is 45.4 Å². The second-order valence-electron chi connectivity index (χ2n) is 7.18. The number of esters is 1. The summed E-state index contributed by atoms with van der Waals surface area (Å²) in [5, 5.41) is 8.87. The summed E-state index contributed by atoms with van der Waals surface area (Å²) in [5.41, 5.74) is 3.78. The van der Waals surface area contributed by atoms with Crippen LogP contribution < -0.4 is 4.74 Å². The Morgan fingerprint density at radius 2 is 1.67 bits per heavy atom. The van der Waals surface area contributed by atoms with Gasteiger partial charge in [0.2, 0.25) is 5.88 Å². The maximum Gasteiger partial charge on any atom is 0.344 e. The van der Waals surface area contributed by atoms with Crippen molar-refractivity contribution in [2.24, 2.45) is 0 Å². The van der Waals surface area contributed by atoms with E-state index in [4.69, 9.17) is 10.00 Å². The highest BCUT2D eigenvalue weighted by molar-refractivity contribution is 5.90. The summed E-state index contributed by atoms with van der Waals surface area (Å²) in [6.45, 7) is 2.22. The van der Waals surface area contributed by atoms with Crippen molar-refractivity contribution in [1.29, 1.82) is 5.26 Å². The van der Waals surface area contributed by atoms with E-state index in [0.29, 0.717) is 16.8 Å². The Morgan fingerprint density at radius 1 is 0.933 bits per heavy atom. The third-order valence-corrected chi connectivity index (χ3v) is 4.89. The van der Waals surface area contributed by atoms with Crippen molar-refractivity contribution in [3.63, 3.8) is 0 Å². The molecule has 0 aliphatic carbocycles. The molecule has 5 heteroatoms. The smallest absolute Gasteiger partial charge is 0.344 e. The molecule has 2 aromatic carbocycles. The van der Waals surface area contributed by atoms with Gasteiger partial charge in [0.05, 0.1) is 35.3 Å². The van der Waals surface area contributed by atoms with Gasteiger partial charge < -0.3 is 4.74 Å². The predicted octanol–water partition coefficient (Wildman–Crippen LogP) is 5.75. The Morgan fingerprint density at radius 3 is 2.30 bits per heavy atom. The molecule has 0 amide bonds. The lowest BCUT2D eigenvalue weighted by molar-refractivity contribution is 0.0727. The number of hydrogen-bond donors (Lipinski definition) is 0. The number of nitriles is 1. The first-order valence-electron chi connectivity index (χ1n) is 10.3. The number of carbonyl (C=O) groups is 1. The molecule has 0 unspecified atom stereocenters. The van der Waals surface area contributed by atoms with Gasteiger partial charge in [0.1, 0.15) is 0 Å². The maximum atomic E-state index is 12.4. The van der Waals surface area contributed by atoms with Gasteiger partial charge in [-0.2, -0.15) is 5.26 Å². The number of rotatable bonds is 9. The van der Waals surface area contributed by atoms with E-state index in [9.17, 15) is 4.79 Å². The molecule has 30 heavy (non-hydrogen) atoms. The molecule has 0 aliphatic rings. The molecular formula is C25H25N3O2. The Kier molecular flexibility index (Phi) is 7.68. The van der Waals surface area contributed by atoms with E-state index >= 15 is 0 Å². The summed E-state index contributed by atoms with van der Waals surface area (Å²) in [5.74, 6) is -0.303. The van der Waals surface area contributed by atoms with E-state index in [2.05, 4.69) is 23.0 Å². The van der Waals surface area contributed by atoms with Crippen molar-refractivity contribution in [2.75, 3.05) is 0 Å². The second kappa shape index (κ2) is 10.9. The van der Waals surface area contributed by atoms with E-state index in [0.717, 1.165) is 12.0 Å². The molecule has 0 atom stereocenters. The van der Waals surface area contributed by atoms with E-state index < -0.39 is 5.97 Å². The summed E-state index contributed by atoms with van der Waals surface area (Å²) in [6.07, 6.45) is 10.2. The van der Waals surface area contributed by atoms with Gasteiger partial charge in [0.15, 0.2) is 0 Å². The van der Waals surface area contributed by atoms with Gasteiger partial charge in [0, 0.05) is 5.56 Å². The largest absolute Gasteiger partial charge is 0.402 e. The first-order chi connectivity index (χ1) is 14.7. The average Bonchev–Trinajstić information content (AvgIpc) is 2.80. The first-order valence-corrected chi connectivity index (χ1v) is 10.3. The molecule has 5 nitrogen and oxygen atoms in total. The Balaban J connectivity index is 1.54. The number of nitrogens with zero attached hydrogens (tertiary/aromatic N) is 3. The van der Waals surface area contributed by atoms with Crippen LogP contribution in [0.5, 0.6) is 5.88 Å². The third-order valence-electron chi connectivity index (χ3n) is 4.89. The minimum absolute atomic E-state index is 0.150. The number of carbonyl (C=O) groups excluding carboxylic acids is 1. The van der Waals surface area contributed by atoms with Gasteiger partial charge in [0.25, 0.3) is 0 Å². The summed E-state index contributed by atoms with van der Waals surface area (Å²) in [6, 6.07) is 16.7. The molecule has 152 valence electrons.